The first-order chi connectivity index (χ1) is 13.2. The Hall–Kier alpha value is -4.01. The predicted molar refractivity (Wildman–Crippen MR) is 98.2 cm³/mol. The lowest BCUT2D eigenvalue weighted by molar-refractivity contribution is -0.131. The number of esters is 1. The van der Waals surface area contributed by atoms with Crippen molar-refractivity contribution in [3.63, 3.8) is 0 Å². The van der Waals surface area contributed by atoms with Gasteiger partial charge in [0.15, 0.2) is 11.6 Å². The van der Waals surface area contributed by atoms with Gasteiger partial charge in [0.1, 0.15) is 5.75 Å². The van der Waals surface area contributed by atoms with Gasteiger partial charge in [-0.05, 0) is 46.7 Å². The number of carbonyl (C=O) groups is 1. The minimum Gasteiger partial charge on any atom is -0.427 e. The van der Waals surface area contributed by atoms with Crippen LogP contribution >= 0.6 is 0 Å². The monoisotopic (exact) mass is 362 g/mol. The van der Waals surface area contributed by atoms with E-state index in [4.69, 9.17) is 9.37 Å². The second-order valence-corrected chi connectivity index (χ2v) is 5.57. The molecule has 0 saturated heterocycles. The third-order valence-corrected chi connectivity index (χ3v) is 3.53. The molecule has 9 heteroatoms. The standard InChI is InChI=1S/C18H14N6O3/c1-11(25)26-14-9-7-13(8-10-14)20-16-15(19-12-5-3-2-4-6-12)21-17-18(22-16)24-27-23-17/h2-10H,1H3,(H,19,21,23)(H,20,22,24). The molecule has 0 unspecified atom stereocenters. The molecule has 4 rings (SSSR count). The van der Waals surface area contributed by atoms with E-state index in [1.165, 1.54) is 6.92 Å². The van der Waals surface area contributed by atoms with Crippen molar-refractivity contribution in [1.29, 1.82) is 0 Å². The van der Waals surface area contributed by atoms with Crippen molar-refractivity contribution >= 4 is 40.3 Å². The molecule has 2 aromatic carbocycles. The average molecular weight is 362 g/mol. The number of anilines is 4. The fourth-order valence-electron chi connectivity index (χ4n) is 2.38. The normalized spacial score (nSPS) is 10.6. The molecule has 0 aliphatic heterocycles. The van der Waals surface area contributed by atoms with Gasteiger partial charge in [0.25, 0.3) is 0 Å². The first-order valence-electron chi connectivity index (χ1n) is 8.05. The third kappa shape index (κ3) is 3.82. The summed E-state index contributed by atoms with van der Waals surface area (Å²) in [5, 5.41) is 13.8. The highest BCUT2D eigenvalue weighted by Gasteiger charge is 2.13. The van der Waals surface area contributed by atoms with Crippen LogP contribution in [0.2, 0.25) is 0 Å². The van der Waals surface area contributed by atoms with E-state index in [2.05, 4.69) is 30.9 Å². The number of benzene rings is 2. The summed E-state index contributed by atoms with van der Waals surface area (Å²) in [6, 6.07) is 16.4. The molecule has 0 aliphatic rings. The van der Waals surface area contributed by atoms with Crippen LogP contribution < -0.4 is 15.4 Å². The van der Waals surface area contributed by atoms with Crippen LogP contribution in [0.25, 0.3) is 11.3 Å². The molecule has 134 valence electrons. The second kappa shape index (κ2) is 7.08. The van der Waals surface area contributed by atoms with Crippen LogP contribution in [0.15, 0.2) is 59.2 Å². The Labute approximate surface area is 153 Å². The van der Waals surface area contributed by atoms with Crippen LogP contribution in [0.1, 0.15) is 6.92 Å². The van der Waals surface area contributed by atoms with Gasteiger partial charge in [0.2, 0.25) is 11.3 Å². The van der Waals surface area contributed by atoms with Crippen LogP contribution in [-0.2, 0) is 4.79 Å². The number of rotatable bonds is 5. The number of aromatic nitrogens is 4. The minimum atomic E-state index is -0.375. The molecular weight excluding hydrogens is 348 g/mol. The number of fused-ring (bicyclic) bond motifs is 1. The molecule has 2 aromatic heterocycles. The largest absolute Gasteiger partial charge is 0.427 e. The topological polar surface area (TPSA) is 115 Å². The Morgan fingerprint density at radius 3 is 1.96 bits per heavy atom. The van der Waals surface area contributed by atoms with E-state index >= 15 is 0 Å². The fraction of sp³-hybridized carbons (Fsp3) is 0.0556. The van der Waals surface area contributed by atoms with E-state index in [-0.39, 0.29) is 11.6 Å². The lowest BCUT2D eigenvalue weighted by Gasteiger charge is -2.12. The number of para-hydroxylation sites is 1. The van der Waals surface area contributed by atoms with E-state index < -0.39 is 0 Å². The Balaban J connectivity index is 1.65. The van der Waals surface area contributed by atoms with Gasteiger partial charge in [-0.15, -0.1) is 0 Å². The van der Waals surface area contributed by atoms with Gasteiger partial charge >= 0.3 is 5.97 Å². The lowest BCUT2D eigenvalue weighted by atomic mass is 10.3. The summed E-state index contributed by atoms with van der Waals surface area (Å²) in [6.07, 6.45) is 0. The van der Waals surface area contributed by atoms with Crippen molar-refractivity contribution in [3.8, 4) is 5.75 Å². The van der Waals surface area contributed by atoms with Crippen molar-refractivity contribution in [1.82, 2.24) is 20.3 Å². The number of nitrogens with zero attached hydrogens (tertiary/aromatic N) is 4. The number of carbonyl (C=O) groups excluding carboxylic acids is 1. The maximum absolute atomic E-state index is 11.0. The van der Waals surface area contributed by atoms with E-state index in [0.29, 0.717) is 23.0 Å². The molecule has 0 aliphatic carbocycles. The van der Waals surface area contributed by atoms with Crippen molar-refractivity contribution in [3.05, 3.63) is 54.6 Å². The van der Waals surface area contributed by atoms with Crippen LogP contribution in [0, 0.1) is 0 Å². The Kier molecular flexibility index (Phi) is 4.32. The SMILES string of the molecule is CC(=O)Oc1ccc(Nc2nc3nonc3nc2Nc2ccccc2)cc1. The third-order valence-electron chi connectivity index (χ3n) is 3.53. The number of ether oxygens (including phenoxy) is 1. The molecule has 0 bridgehead atoms. The van der Waals surface area contributed by atoms with Gasteiger partial charge in [-0.1, -0.05) is 18.2 Å². The zero-order valence-electron chi connectivity index (χ0n) is 14.2. The smallest absolute Gasteiger partial charge is 0.308 e. The molecule has 0 saturated carbocycles. The highest BCUT2D eigenvalue weighted by Crippen LogP contribution is 2.27. The van der Waals surface area contributed by atoms with Gasteiger partial charge < -0.3 is 15.4 Å². The highest BCUT2D eigenvalue weighted by atomic mass is 16.6. The molecule has 2 heterocycles. The predicted octanol–water partition coefficient (Wildman–Crippen LogP) is 3.43. The summed E-state index contributed by atoms with van der Waals surface area (Å²) < 4.78 is 9.73. The summed E-state index contributed by atoms with van der Waals surface area (Å²) in [4.78, 5) is 19.8. The van der Waals surface area contributed by atoms with Gasteiger partial charge in [0, 0.05) is 18.3 Å². The maximum atomic E-state index is 11.0. The molecule has 0 fully saturated rings. The minimum absolute atomic E-state index is 0.285. The molecule has 4 aromatic rings. The van der Waals surface area contributed by atoms with E-state index in [1.54, 1.807) is 24.3 Å². The van der Waals surface area contributed by atoms with Crippen molar-refractivity contribution in [2.24, 2.45) is 0 Å². The number of hydrogen-bond acceptors (Lipinski definition) is 9. The summed E-state index contributed by atoms with van der Waals surface area (Å²) in [7, 11) is 0. The Morgan fingerprint density at radius 2 is 1.41 bits per heavy atom. The van der Waals surface area contributed by atoms with Crippen LogP contribution in [0.4, 0.5) is 23.0 Å². The van der Waals surface area contributed by atoms with Gasteiger partial charge in [-0.25, -0.2) is 14.6 Å². The lowest BCUT2D eigenvalue weighted by Crippen LogP contribution is -2.04. The average Bonchev–Trinajstić information content (AvgIpc) is 3.11. The van der Waals surface area contributed by atoms with Crippen molar-refractivity contribution < 1.29 is 14.2 Å². The summed E-state index contributed by atoms with van der Waals surface area (Å²) in [5.74, 6) is 0.994. The summed E-state index contributed by atoms with van der Waals surface area (Å²) in [6.45, 7) is 1.35. The molecule has 0 atom stereocenters. The van der Waals surface area contributed by atoms with Crippen LogP contribution in [-0.4, -0.2) is 26.3 Å². The first kappa shape index (κ1) is 16.5. The zero-order valence-corrected chi connectivity index (χ0v) is 14.2. The van der Waals surface area contributed by atoms with Gasteiger partial charge in [-0.3, -0.25) is 4.79 Å². The maximum Gasteiger partial charge on any atom is 0.308 e. The zero-order chi connectivity index (χ0) is 18.6. The van der Waals surface area contributed by atoms with E-state index in [0.717, 1.165) is 11.4 Å². The van der Waals surface area contributed by atoms with Crippen LogP contribution in [0.3, 0.4) is 0 Å². The van der Waals surface area contributed by atoms with E-state index in [1.807, 2.05) is 30.3 Å². The quantitative estimate of drug-likeness (QED) is 0.407. The number of nitrogens with one attached hydrogen (secondary N) is 2. The van der Waals surface area contributed by atoms with E-state index in [9.17, 15) is 4.79 Å². The summed E-state index contributed by atoms with van der Waals surface area (Å²) in [5.41, 5.74) is 2.15. The summed E-state index contributed by atoms with van der Waals surface area (Å²) >= 11 is 0. The molecule has 0 radical (unpaired) electrons. The fourth-order valence-corrected chi connectivity index (χ4v) is 2.38. The Morgan fingerprint density at radius 1 is 0.852 bits per heavy atom. The molecule has 2 N–H and O–H groups in total. The molecule has 0 spiro atoms. The van der Waals surface area contributed by atoms with Gasteiger partial charge in [0.05, 0.1) is 0 Å². The Bertz CT molecular complexity index is 1080. The number of hydrogen-bond donors (Lipinski definition) is 2. The van der Waals surface area contributed by atoms with Crippen LogP contribution in [0.5, 0.6) is 5.75 Å². The molecule has 0 amide bonds. The van der Waals surface area contributed by atoms with Crippen molar-refractivity contribution in [2.75, 3.05) is 10.6 Å². The highest BCUT2D eigenvalue weighted by molar-refractivity contribution is 5.79. The molecule has 27 heavy (non-hydrogen) atoms. The first-order valence-corrected chi connectivity index (χ1v) is 8.05. The second-order valence-electron chi connectivity index (χ2n) is 5.57. The molecular formula is C18H14N6O3. The van der Waals surface area contributed by atoms with Crippen molar-refractivity contribution in [2.45, 2.75) is 6.92 Å². The van der Waals surface area contributed by atoms with Gasteiger partial charge in [-0.2, -0.15) is 0 Å². The molecule has 9 nitrogen and oxygen atoms in total.